The molecule has 0 aromatic rings. The lowest BCUT2D eigenvalue weighted by Gasteiger charge is -2.21. The van der Waals surface area contributed by atoms with Crippen LogP contribution < -0.4 is 11.3 Å². The Bertz CT molecular complexity index is 222. The van der Waals surface area contributed by atoms with Gasteiger partial charge in [0.25, 0.3) is 5.91 Å². The van der Waals surface area contributed by atoms with Gasteiger partial charge in [0.05, 0.1) is 0 Å². The number of nitrogens with two attached hydrogens (primary N) is 1. The van der Waals surface area contributed by atoms with Gasteiger partial charge < -0.3 is 5.11 Å². The molecule has 0 heterocycles. The van der Waals surface area contributed by atoms with Gasteiger partial charge >= 0.3 is 0 Å². The van der Waals surface area contributed by atoms with Gasteiger partial charge in [-0.2, -0.15) is 0 Å². The van der Waals surface area contributed by atoms with Crippen molar-refractivity contribution < 1.29 is 9.90 Å². The van der Waals surface area contributed by atoms with Crippen LogP contribution in [-0.2, 0) is 4.79 Å². The van der Waals surface area contributed by atoms with Crippen LogP contribution in [0, 0.1) is 0 Å². The van der Waals surface area contributed by atoms with Crippen molar-refractivity contribution in [2.75, 3.05) is 0 Å². The first kappa shape index (κ1) is 7.97. The van der Waals surface area contributed by atoms with Crippen molar-refractivity contribution in [2.24, 2.45) is 5.84 Å². The molecule has 0 saturated carbocycles. The summed E-state index contributed by atoms with van der Waals surface area (Å²) < 4.78 is 0. The summed E-state index contributed by atoms with van der Waals surface area (Å²) in [6.07, 6.45) is 6.76. The molecular formula is C7H10N2O2. The Labute approximate surface area is 64.4 Å². The number of hydrazine groups is 1. The summed E-state index contributed by atoms with van der Waals surface area (Å²) in [5.41, 5.74) is 0.446. The second kappa shape index (κ2) is 2.86. The summed E-state index contributed by atoms with van der Waals surface area (Å²) >= 11 is 0. The Balaban J connectivity index is 2.75. The van der Waals surface area contributed by atoms with Crippen molar-refractivity contribution in [1.82, 2.24) is 5.43 Å². The zero-order valence-electron chi connectivity index (χ0n) is 5.95. The normalized spacial score (nSPS) is 28.5. The first-order valence-electron chi connectivity index (χ1n) is 3.27. The van der Waals surface area contributed by atoms with Gasteiger partial charge in [-0.1, -0.05) is 18.2 Å². The highest BCUT2D eigenvalue weighted by atomic mass is 16.3. The van der Waals surface area contributed by atoms with Crippen LogP contribution in [0.1, 0.15) is 6.42 Å². The van der Waals surface area contributed by atoms with Gasteiger partial charge in [-0.05, 0) is 6.08 Å². The minimum absolute atomic E-state index is 0.270. The van der Waals surface area contributed by atoms with E-state index in [9.17, 15) is 9.90 Å². The molecule has 1 unspecified atom stereocenters. The molecule has 60 valence electrons. The quantitative estimate of drug-likeness (QED) is 0.263. The maximum Gasteiger partial charge on any atom is 0.270 e. The van der Waals surface area contributed by atoms with E-state index in [-0.39, 0.29) is 6.42 Å². The molecule has 0 bridgehead atoms. The molecule has 1 amide bonds. The molecular weight excluding hydrogens is 144 g/mol. The first-order valence-corrected chi connectivity index (χ1v) is 3.27. The van der Waals surface area contributed by atoms with Crippen molar-refractivity contribution in [1.29, 1.82) is 0 Å². The number of aliphatic hydroxyl groups is 1. The Morgan fingerprint density at radius 3 is 2.82 bits per heavy atom. The molecule has 11 heavy (non-hydrogen) atoms. The number of nitrogens with one attached hydrogen (secondary N) is 1. The van der Waals surface area contributed by atoms with E-state index in [2.05, 4.69) is 0 Å². The molecule has 0 saturated heterocycles. The lowest BCUT2D eigenvalue weighted by atomic mass is 9.95. The van der Waals surface area contributed by atoms with Gasteiger partial charge in [0.2, 0.25) is 0 Å². The third-order valence-electron chi connectivity index (χ3n) is 1.57. The molecule has 4 heteroatoms. The summed E-state index contributed by atoms with van der Waals surface area (Å²) in [4.78, 5) is 10.9. The van der Waals surface area contributed by atoms with Crippen LogP contribution in [0.2, 0.25) is 0 Å². The lowest BCUT2D eigenvalue weighted by molar-refractivity contribution is -0.135. The predicted octanol–water partition coefficient (Wildman–Crippen LogP) is -0.776. The molecule has 0 radical (unpaired) electrons. The van der Waals surface area contributed by atoms with Crippen molar-refractivity contribution in [3.8, 4) is 0 Å². The van der Waals surface area contributed by atoms with E-state index in [1.165, 1.54) is 6.08 Å². The summed E-state index contributed by atoms with van der Waals surface area (Å²) in [5, 5.41) is 9.51. The van der Waals surface area contributed by atoms with E-state index in [0.29, 0.717) is 0 Å². The highest BCUT2D eigenvalue weighted by molar-refractivity contribution is 5.87. The van der Waals surface area contributed by atoms with E-state index >= 15 is 0 Å². The van der Waals surface area contributed by atoms with Crippen LogP contribution in [0.3, 0.4) is 0 Å². The molecule has 0 aromatic heterocycles. The smallest absolute Gasteiger partial charge is 0.270 e. The third-order valence-corrected chi connectivity index (χ3v) is 1.57. The van der Waals surface area contributed by atoms with Crippen molar-refractivity contribution in [2.45, 2.75) is 12.0 Å². The lowest BCUT2D eigenvalue weighted by Crippen LogP contribution is -2.48. The highest BCUT2D eigenvalue weighted by Crippen LogP contribution is 2.16. The average Bonchev–Trinajstić information content (AvgIpc) is 2.04. The van der Waals surface area contributed by atoms with Gasteiger partial charge in [-0.15, -0.1) is 0 Å². The molecule has 1 aliphatic carbocycles. The molecule has 1 rings (SSSR count). The van der Waals surface area contributed by atoms with Crippen LogP contribution in [0.15, 0.2) is 24.3 Å². The fourth-order valence-electron chi connectivity index (χ4n) is 0.902. The van der Waals surface area contributed by atoms with Gasteiger partial charge in [0, 0.05) is 6.42 Å². The molecule has 0 spiro atoms. The highest BCUT2D eigenvalue weighted by Gasteiger charge is 2.31. The fraction of sp³-hybridized carbons (Fsp3) is 0.286. The zero-order chi connectivity index (χ0) is 8.32. The van der Waals surface area contributed by atoms with Crippen LogP contribution in [0.4, 0.5) is 0 Å². The van der Waals surface area contributed by atoms with E-state index in [4.69, 9.17) is 5.84 Å². The topological polar surface area (TPSA) is 75.3 Å². The predicted molar refractivity (Wildman–Crippen MR) is 40.2 cm³/mol. The number of carbonyl (C=O) groups is 1. The minimum atomic E-state index is -1.45. The number of allylic oxidation sites excluding steroid dienone is 2. The zero-order valence-corrected chi connectivity index (χ0v) is 5.95. The Morgan fingerprint density at radius 1 is 1.64 bits per heavy atom. The number of hydrogen-bond donors (Lipinski definition) is 3. The Hall–Kier alpha value is -1.13. The number of amides is 1. The van der Waals surface area contributed by atoms with Crippen LogP contribution in [-0.4, -0.2) is 16.6 Å². The fourth-order valence-corrected chi connectivity index (χ4v) is 0.902. The maximum atomic E-state index is 10.9. The van der Waals surface area contributed by atoms with Gasteiger partial charge in [0.1, 0.15) is 0 Å². The van der Waals surface area contributed by atoms with Gasteiger partial charge in [-0.3, -0.25) is 10.2 Å². The minimum Gasteiger partial charge on any atom is -0.375 e. The van der Waals surface area contributed by atoms with Crippen LogP contribution in [0.5, 0.6) is 0 Å². The molecule has 4 N–H and O–H groups in total. The maximum absolute atomic E-state index is 10.9. The Kier molecular flexibility index (Phi) is 2.07. The summed E-state index contributed by atoms with van der Waals surface area (Å²) in [7, 11) is 0. The SMILES string of the molecule is NNC(=O)C1(O)C=CC=CC1. The molecule has 1 aliphatic rings. The standard InChI is InChI=1S/C7H10N2O2/c8-9-6(10)7(11)4-2-1-3-5-7/h1-4,11H,5,8H2,(H,9,10). The monoisotopic (exact) mass is 154 g/mol. The summed E-state index contributed by atoms with van der Waals surface area (Å²) in [6, 6.07) is 0. The number of hydrogen-bond acceptors (Lipinski definition) is 3. The molecule has 0 aromatic carbocycles. The van der Waals surface area contributed by atoms with Gasteiger partial charge in [0.15, 0.2) is 5.60 Å². The van der Waals surface area contributed by atoms with Crippen molar-refractivity contribution in [3.05, 3.63) is 24.3 Å². The van der Waals surface area contributed by atoms with E-state index in [1.807, 2.05) is 5.43 Å². The number of carbonyl (C=O) groups excluding carboxylic acids is 1. The molecule has 0 aliphatic heterocycles. The second-order valence-electron chi connectivity index (χ2n) is 2.39. The largest absolute Gasteiger partial charge is 0.375 e. The molecule has 0 fully saturated rings. The van der Waals surface area contributed by atoms with Gasteiger partial charge in [-0.25, -0.2) is 5.84 Å². The molecule has 4 nitrogen and oxygen atoms in total. The van der Waals surface area contributed by atoms with E-state index in [0.717, 1.165) is 0 Å². The second-order valence-corrected chi connectivity index (χ2v) is 2.39. The van der Waals surface area contributed by atoms with Crippen LogP contribution in [0.25, 0.3) is 0 Å². The van der Waals surface area contributed by atoms with Crippen molar-refractivity contribution >= 4 is 5.91 Å². The van der Waals surface area contributed by atoms with Crippen molar-refractivity contribution in [3.63, 3.8) is 0 Å². The number of rotatable bonds is 1. The van der Waals surface area contributed by atoms with Crippen LogP contribution >= 0.6 is 0 Å². The van der Waals surface area contributed by atoms with E-state index < -0.39 is 11.5 Å². The average molecular weight is 154 g/mol. The first-order chi connectivity index (χ1) is 5.19. The summed E-state index contributed by atoms with van der Waals surface area (Å²) in [6.45, 7) is 0. The third kappa shape index (κ3) is 1.47. The summed E-state index contributed by atoms with van der Waals surface area (Å²) in [5.74, 6) is 4.29. The molecule has 1 atom stereocenters. The van der Waals surface area contributed by atoms with E-state index in [1.54, 1.807) is 18.2 Å². The Morgan fingerprint density at radius 2 is 2.36 bits per heavy atom.